The fraction of sp³-hybridized carbons (Fsp3) is 0.188. The quantitative estimate of drug-likeness (QED) is 0.159. The number of hydrogen-bond acceptors (Lipinski definition) is 1. The Balaban J connectivity index is 1.36. The van der Waals surface area contributed by atoms with Gasteiger partial charge in [0.1, 0.15) is 28.9 Å². The lowest BCUT2D eigenvalue weighted by molar-refractivity contribution is 0.415. The second kappa shape index (κ2) is 10.9. The van der Waals surface area contributed by atoms with Crippen LogP contribution in [0.15, 0.2) is 121 Å². The standard InChI is InChI=1S/C32H33NOP/c1-34-28-20-21-32-27(26-28)22-24-33(32)23-12-5-13-25-35(29-14-6-2-7-15-29,30-16-8-3-9-17-30)31-18-10-4-11-19-31/h2-4,6-11,14-22,24,26H,5,12-13,23,25H2,1H3/q+1. The van der Waals surface area contributed by atoms with Crippen LogP contribution in [0.3, 0.4) is 0 Å². The van der Waals surface area contributed by atoms with Gasteiger partial charge >= 0.3 is 0 Å². The highest BCUT2D eigenvalue weighted by Crippen LogP contribution is 2.55. The van der Waals surface area contributed by atoms with Crippen molar-refractivity contribution in [1.29, 1.82) is 0 Å². The zero-order valence-electron chi connectivity index (χ0n) is 20.4. The molecule has 0 aliphatic heterocycles. The lowest BCUT2D eigenvalue weighted by Crippen LogP contribution is -2.33. The van der Waals surface area contributed by atoms with Crippen molar-refractivity contribution in [2.45, 2.75) is 25.8 Å². The molecule has 176 valence electrons. The average Bonchev–Trinajstić information content (AvgIpc) is 3.34. The lowest BCUT2D eigenvalue weighted by Gasteiger charge is -2.27. The molecular weight excluding hydrogens is 445 g/mol. The molecule has 4 aromatic carbocycles. The lowest BCUT2D eigenvalue weighted by atomic mass is 10.2. The van der Waals surface area contributed by atoms with E-state index in [0.717, 1.165) is 12.3 Å². The van der Waals surface area contributed by atoms with Crippen molar-refractivity contribution in [3.63, 3.8) is 0 Å². The van der Waals surface area contributed by atoms with Crippen molar-refractivity contribution in [2.24, 2.45) is 0 Å². The zero-order valence-corrected chi connectivity index (χ0v) is 21.3. The Bertz CT molecular complexity index is 1250. The van der Waals surface area contributed by atoms with Crippen molar-refractivity contribution in [3.05, 3.63) is 121 Å². The fourth-order valence-corrected chi connectivity index (χ4v) is 9.60. The number of nitrogens with zero attached hydrogens (tertiary/aromatic N) is 1. The molecule has 0 spiro atoms. The Morgan fingerprint density at radius 1 is 0.629 bits per heavy atom. The first-order valence-corrected chi connectivity index (χ1v) is 14.5. The SMILES string of the molecule is COc1ccc2c(ccn2CCCCC[P+](c2ccccc2)(c2ccccc2)c2ccccc2)c1. The topological polar surface area (TPSA) is 14.2 Å². The van der Waals surface area contributed by atoms with Gasteiger partial charge in [0.15, 0.2) is 0 Å². The van der Waals surface area contributed by atoms with Crippen LogP contribution in [-0.2, 0) is 6.54 Å². The molecular formula is C32H33NOP+. The van der Waals surface area contributed by atoms with Gasteiger partial charge in [0.2, 0.25) is 0 Å². The summed E-state index contributed by atoms with van der Waals surface area (Å²) in [5, 5.41) is 5.67. The van der Waals surface area contributed by atoms with Gasteiger partial charge in [-0.3, -0.25) is 0 Å². The predicted molar refractivity (Wildman–Crippen MR) is 152 cm³/mol. The molecule has 1 heterocycles. The van der Waals surface area contributed by atoms with E-state index in [-0.39, 0.29) is 0 Å². The van der Waals surface area contributed by atoms with E-state index in [1.165, 1.54) is 52.2 Å². The molecule has 0 fully saturated rings. The van der Waals surface area contributed by atoms with Crippen LogP contribution in [-0.4, -0.2) is 17.8 Å². The minimum Gasteiger partial charge on any atom is -0.497 e. The van der Waals surface area contributed by atoms with E-state index >= 15 is 0 Å². The first kappa shape index (κ1) is 23.4. The Labute approximate surface area is 209 Å². The largest absolute Gasteiger partial charge is 0.497 e. The molecule has 5 rings (SSSR count). The van der Waals surface area contributed by atoms with Crippen molar-refractivity contribution < 1.29 is 4.74 Å². The molecule has 0 bridgehead atoms. The van der Waals surface area contributed by atoms with Gasteiger partial charge in [-0.1, -0.05) is 54.6 Å². The van der Waals surface area contributed by atoms with Gasteiger partial charge in [0.25, 0.3) is 0 Å². The van der Waals surface area contributed by atoms with Crippen LogP contribution in [0.2, 0.25) is 0 Å². The Morgan fingerprint density at radius 2 is 1.20 bits per heavy atom. The molecule has 0 saturated heterocycles. The molecule has 0 radical (unpaired) electrons. The normalized spacial score (nSPS) is 11.6. The van der Waals surface area contributed by atoms with E-state index in [1.807, 2.05) is 0 Å². The summed E-state index contributed by atoms with van der Waals surface area (Å²) in [5.41, 5.74) is 1.28. The third-order valence-corrected chi connectivity index (χ3v) is 11.5. The molecule has 0 N–H and O–H groups in total. The molecule has 3 heteroatoms. The third kappa shape index (κ3) is 4.90. The molecule has 0 saturated carbocycles. The van der Waals surface area contributed by atoms with Crippen LogP contribution in [0.4, 0.5) is 0 Å². The number of aromatic nitrogens is 1. The highest BCUT2D eigenvalue weighted by molar-refractivity contribution is 7.95. The maximum atomic E-state index is 5.38. The summed E-state index contributed by atoms with van der Waals surface area (Å²) in [6, 6.07) is 42.1. The van der Waals surface area contributed by atoms with Crippen molar-refractivity contribution in [3.8, 4) is 5.75 Å². The summed E-state index contributed by atoms with van der Waals surface area (Å²) in [6.07, 6.45) is 6.99. The molecule has 1 aromatic heterocycles. The minimum absolute atomic E-state index is 0.915. The zero-order chi connectivity index (χ0) is 23.9. The van der Waals surface area contributed by atoms with Gasteiger partial charge in [-0.15, -0.1) is 0 Å². The molecule has 0 amide bonds. The van der Waals surface area contributed by atoms with Gasteiger partial charge in [0, 0.05) is 23.6 Å². The van der Waals surface area contributed by atoms with Gasteiger partial charge in [-0.2, -0.15) is 0 Å². The molecule has 0 aliphatic rings. The first-order valence-electron chi connectivity index (χ1n) is 12.5. The number of unbranched alkanes of at least 4 members (excludes halogenated alkanes) is 2. The van der Waals surface area contributed by atoms with E-state index in [2.05, 4.69) is 126 Å². The van der Waals surface area contributed by atoms with E-state index in [0.29, 0.717) is 0 Å². The van der Waals surface area contributed by atoms with Crippen molar-refractivity contribution in [2.75, 3.05) is 13.3 Å². The second-order valence-electron chi connectivity index (χ2n) is 9.03. The Kier molecular flexibility index (Phi) is 7.31. The summed E-state index contributed by atoms with van der Waals surface area (Å²) >= 11 is 0. The molecule has 0 aliphatic carbocycles. The molecule has 5 aromatic rings. The Hall–Kier alpha value is -3.35. The maximum Gasteiger partial charge on any atom is 0.119 e. The predicted octanol–water partition coefficient (Wildman–Crippen LogP) is 6.81. The number of aryl methyl sites for hydroxylation is 1. The number of benzene rings is 4. The van der Waals surface area contributed by atoms with Crippen LogP contribution in [0, 0.1) is 0 Å². The third-order valence-electron chi connectivity index (χ3n) is 6.96. The molecule has 0 atom stereocenters. The smallest absolute Gasteiger partial charge is 0.119 e. The van der Waals surface area contributed by atoms with Crippen LogP contribution < -0.4 is 20.7 Å². The number of hydrogen-bond donors (Lipinski definition) is 0. The number of rotatable bonds is 10. The van der Waals surface area contributed by atoms with E-state index in [1.54, 1.807) is 7.11 Å². The summed E-state index contributed by atoms with van der Waals surface area (Å²) in [7, 11) is 0.000920. The van der Waals surface area contributed by atoms with Crippen LogP contribution >= 0.6 is 7.26 Å². The second-order valence-corrected chi connectivity index (χ2v) is 12.7. The molecule has 35 heavy (non-hydrogen) atoms. The van der Waals surface area contributed by atoms with Gasteiger partial charge in [-0.25, -0.2) is 0 Å². The Morgan fingerprint density at radius 3 is 1.74 bits per heavy atom. The monoisotopic (exact) mass is 478 g/mol. The average molecular weight is 479 g/mol. The van der Waals surface area contributed by atoms with E-state index < -0.39 is 7.26 Å². The van der Waals surface area contributed by atoms with Gasteiger partial charge in [0.05, 0.1) is 13.3 Å². The molecule has 2 nitrogen and oxygen atoms in total. The van der Waals surface area contributed by atoms with Crippen molar-refractivity contribution >= 4 is 34.1 Å². The van der Waals surface area contributed by atoms with Gasteiger partial charge in [-0.05, 0) is 79.9 Å². The van der Waals surface area contributed by atoms with Gasteiger partial charge < -0.3 is 9.30 Å². The van der Waals surface area contributed by atoms with E-state index in [9.17, 15) is 0 Å². The highest BCUT2D eigenvalue weighted by atomic mass is 31.2. The first-order chi connectivity index (χ1) is 17.3. The van der Waals surface area contributed by atoms with Crippen LogP contribution in [0.5, 0.6) is 5.75 Å². The summed E-state index contributed by atoms with van der Waals surface area (Å²) in [4.78, 5) is 0. The molecule has 0 unspecified atom stereocenters. The summed E-state index contributed by atoms with van der Waals surface area (Å²) in [5.74, 6) is 0.915. The number of ether oxygens (including phenoxy) is 1. The van der Waals surface area contributed by atoms with Crippen molar-refractivity contribution in [1.82, 2.24) is 4.57 Å². The van der Waals surface area contributed by atoms with Crippen LogP contribution in [0.1, 0.15) is 19.3 Å². The maximum absolute atomic E-state index is 5.38. The highest BCUT2D eigenvalue weighted by Gasteiger charge is 2.44. The van der Waals surface area contributed by atoms with E-state index in [4.69, 9.17) is 4.74 Å². The fourth-order valence-electron chi connectivity index (χ4n) is 5.19. The summed E-state index contributed by atoms with van der Waals surface area (Å²) < 4.78 is 7.76. The minimum atomic E-state index is -1.72. The van der Waals surface area contributed by atoms with Crippen LogP contribution in [0.25, 0.3) is 10.9 Å². The summed E-state index contributed by atoms with van der Waals surface area (Å²) in [6.45, 7) is 1.04. The number of methoxy groups -OCH3 is 1. The number of fused-ring (bicyclic) bond motifs is 1.